The molecule has 5 nitrogen and oxygen atoms in total. The third-order valence-electron chi connectivity index (χ3n) is 3.83. The molecule has 5 heteroatoms. The molecule has 0 heterocycles. The van der Waals surface area contributed by atoms with E-state index in [0.717, 1.165) is 12.8 Å². The first kappa shape index (κ1) is 15.5. The summed E-state index contributed by atoms with van der Waals surface area (Å²) in [7, 11) is 0. The third kappa shape index (κ3) is 5.19. The van der Waals surface area contributed by atoms with Crippen molar-refractivity contribution in [1.82, 2.24) is 16.0 Å². The van der Waals surface area contributed by atoms with Crippen molar-refractivity contribution in [2.75, 3.05) is 6.54 Å². The van der Waals surface area contributed by atoms with Crippen LogP contribution in [0.3, 0.4) is 0 Å². The lowest BCUT2D eigenvalue weighted by atomic mass is 9.94. The molecule has 0 radical (unpaired) electrons. The zero-order valence-corrected chi connectivity index (χ0v) is 12.6. The van der Waals surface area contributed by atoms with Crippen LogP contribution in [0, 0.1) is 0 Å². The fraction of sp³-hybridized carbons (Fsp3) is 0.500. The van der Waals surface area contributed by atoms with Crippen molar-refractivity contribution < 1.29 is 9.59 Å². The van der Waals surface area contributed by atoms with Crippen molar-refractivity contribution in [3.05, 3.63) is 35.9 Å². The second kappa shape index (κ2) is 7.22. The number of amides is 3. The number of hydrogen-bond donors (Lipinski definition) is 3. The van der Waals surface area contributed by atoms with Gasteiger partial charge in [0.2, 0.25) is 5.91 Å². The average molecular weight is 289 g/mol. The number of nitrogens with one attached hydrogen (secondary N) is 3. The minimum atomic E-state index is -0.395. The summed E-state index contributed by atoms with van der Waals surface area (Å²) in [5.74, 6) is -0.0143. The van der Waals surface area contributed by atoms with Crippen molar-refractivity contribution in [1.29, 1.82) is 0 Å². The third-order valence-corrected chi connectivity index (χ3v) is 3.83. The van der Waals surface area contributed by atoms with Gasteiger partial charge in [-0.25, -0.2) is 4.79 Å². The van der Waals surface area contributed by atoms with Gasteiger partial charge in [-0.05, 0) is 31.2 Å². The van der Waals surface area contributed by atoms with E-state index in [-0.39, 0.29) is 24.5 Å². The first-order valence-electron chi connectivity index (χ1n) is 7.45. The molecule has 1 aliphatic rings. The number of carbonyl (C=O) groups excluding carboxylic acids is 2. The van der Waals surface area contributed by atoms with Gasteiger partial charge in [-0.2, -0.15) is 0 Å². The summed E-state index contributed by atoms with van der Waals surface area (Å²) in [6.45, 7) is 4.29. The normalized spacial score (nSPS) is 16.9. The Morgan fingerprint density at radius 2 is 1.86 bits per heavy atom. The molecule has 114 valence electrons. The molecule has 2 atom stereocenters. The second-order valence-electron chi connectivity index (χ2n) is 5.66. The lowest BCUT2D eigenvalue weighted by molar-refractivity contribution is -0.119. The van der Waals surface area contributed by atoms with Crippen LogP contribution in [0.1, 0.15) is 38.2 Å². The number of hydrogen-bond acceptors (Lipinski definition) is 3. The minimum absolute atomic E-state index is 0.135. The van der Waals surface area contributed by atoms with Crippen LogP contribution in [-0.4, -0.2) is 30.6 Å². The maximum absolute atomic E-state index is 11.7. The average Bonchev–Trinajstić information content (AvgIpc) is 3.28. The zero-order chi connectivity index (χ0) is 15.2. The van der Waals surface area contributed by atoms with Crippen LogP contribution in [-0.2, 0) is 4.79 Å². The molecule has 1 fully saturated rings. The predicted octanol–water partition coefficient (Wildman–Crippen LogP) is 1.76. The van der Waals surface area contributed by atoms with Crippen molar-refractivity contribution in [3.63, 3.8) is 0 Å². The topological polar surface area (TPSA) is 70.2 Å². The highest BCUT2D eigenvalue weighted by Crippen LogP contribution is 2.18. The van der Waals surface area contributed by atoms with Gasteiger partial charge in [0.05, 0.1) is 6.54 Å². The number of carbonyl (C=O) groups is 2. The van der Waals surface area contributed by atoms with E-state index in [1.807, 2.05) is 25.1 Å². The Bertz CT molecular complexity index is 486. The Morgan fingerprint density at radius 3 is 2.48 bits per heavy atom. The molecule has 3 amide bonds. The summed E-state index contributed by atoms with van der Waals surface area (Å²) in [6.07, 6.45) is 2.01. The Kier molecular flexibility index (Phi) is 5.33. The predicted molar refractivity (Wildman–Crippen MR) is 82.0 cm³/mol. The highest BCUT2D eigenvalue weighted by atomic mass is 16.2. The van der Waals surface area contributed by atoms with E-state index in [1.165, 1.54) is 5.56 Å². The van der Waals surface area contributed by atoms with Crippen molar-refractivity contribution in [2.45, 2.75) is 44.7 Å². The molecule has 0 aromatic heterocycles. The molecule has 0 bridgehead atoms. The van der Waals surface area contributed by atoms with Crippen LogP contribution in [0.15, 0.2) is 30.3 Å². The molecule has 1 saturated carbocycles. The van der Waals surface area contributed by atoms with Gasteiger partial charge in [0.15, 0.2) is 0 Å². The molecule has 21 heavy (non-hydrogen) atoms. The molecule has 1 aliphatic carbocycles. The van der Waals surface area contributed by atoms with E-state index in [0.29, 0.717) is 5.92 Å². The summed E-state index contributed by atoms with van der Waals surface area (Å²) in [5.41, 5.74) is 1.23. The van der Waals surface area contributed by atoms with Crippen LogP contribution < -0.4 is 16.0 Å². The summed E-state index contributed by atoms with van der Waals surface area (Å²) in [4.78, 5) is 23.1. The number of urea groups is 1. The number of benzene rings is 1. The fourth-order valence-corrected chi connectivity index (χ4v) is 2.10. The van der Waals surface area contributed by atoms with E-state index >= 15 is 0 Å². The van der Waals surface area contributed by atoms with Crippen molar-refractivity contribution >= 4 is 11.9 Å². The van der Waals surface area contributed by atoms with Gasteiger partial charge in [0, 0.05) is 12.1 Å². The van der Waals surface area contributed by atoms with Gasteiger partial charge < -0.3 is 10.6 Å². The van der Waals surface area contributed by atoms with Gasteiger partial charge in [0.25, 0.3) is 0 Å². The quantitative estimate of drug-likeness (QED) is 0.747. The largest absolute Gasteiger partial charge is 0.335 e. The summed E-state index contributed by atoms with van der Waals surface area (Å²) in [6, 6.07) is 10.2. The van der Waals surface area contributed by atoms with E-state index in [9.17, 15) is 9.59 Å². The summed E-state index contributed by atoms with van der Waals surface area (Å²) < 4.78 is 0. The summed E-state index contributed by atoms with van der Waals surface area (Å²) in [5, 5.41) is 8.22. The van der Waals surface area contributed by atoms with Gasteiger partial charge in [0.1, 0.15) is 0 Å². The first-order valence-corrected chi connectivity index (χ1v) is 7.45. The first-order chi connectivity index (χ1) is 10.1. The van der Waals surface area contributed by atoms with Crippen LogP contribution in [0.2, 0.25) is 0 Å². The minimum Gasteiger partial charge on any atom is -0.335 e. The highest BCUT2D eigenvalue weighted by molar-refractivity contribution is 5.95. The molecule has 0 aliphatic heterocycles. The van der Waals surface area contributed by atoms with E-state index < -0.39 is 6.03 Å². The van der Waals surface area contributed by atoms with Crippen molar-refractivity contribution in [2.24, 2.45) is 0 Å². The standard InChI is InChI=1S/C16H23N3O2/c1-11(13-6-4-3-5-7-13)12(2)17-10-15(20)19-16(21)18-14-8-9-14/h3-7,11-12,14,17H,8-10H2,1-2H3,(H2,18,19,20,21). The lowest BCUT2D eigenvalue weighted by Gasteiger charge is -2.21. The maximum atomic E-state index is 11.7. The molecule has 1 aromatic rings. The van der Waals surface area contributed by atoms with Crippen LogP contribution in [0.25, 0.3) is 0 Å². The van der Waals surface area contributed by atoms with Crippen molar-refractivity contribution in [3.8, 4) is 0 Å². The molecule has 2 unspecified atom stereocenters. The summed E-state index contributed by atoms with van der Waals surface area (Å²) >= 11 is 0. The van der Waals surface area contributed by atoms with E-state index in [4.69, 9.17) is 0 Å². The molecular weight excluding hydrogens is 266 g/mol. The monoisotopic (exact) mass is 289 g/mol. The number of rotatable bonds is 6. The Balaban J connectivity index is 1.71. The SMILES string of the molecule is CC(NCC(=O)NC(=O)NC1CC1)C(C)c1ccccc1. The van der Waals surface area contributed by atoms with Crippen LogP contribution >= 0.6 is 0 Å². The van der Waals surface area contributed by atoms with E-state index in [2.05, 4.69) is 35.0 Å². The smallest absolute Gasteiger partial charge is 0.321 e. The van der Waals surface area contributed by atoms with Gasteiger partial charge in [-0.3, -0.25) is 10.1 Å². The highest BCUT2D eigenvalue weighted by Gasteiger charge is 2.24. The Hall–Kier alpha value is -1.88. The van der Waals surface area contributed by atoms with Crippen LogP contribution in [0.4, 0.5) is 4.79 Å². The van der Waals surface area contributed by atoms with Crippen LogP contribution in [0.5, 0.6) is 0 Å². The Morgan fingerprint density at radius 1 is 1.19 bits per heavy atom. The maximum Gasteiger partial charge on any atom is 0.321 e. The fourth-order valence-electron chi connectivity index (χ4n) is 2.10. The molecule has 3 N–H and O–H groups in total. The molecular formula is C16H23N3O2. The van der Waals surface area contributed by atoms with Gasteiger partial charge >= 0.3 is 6.03 Å². The number of imide groups is 1. The molecule has 1 aromatic carbocycles. The lowest BCUT2D eigenvalue weighted by Crippen LogP contribution is -2.46. The second-order valence-corrected chi connectivity index (χ2v) is 5.66. The van der Waals surface area contributed by atoms with Gasteiger partial charge in [-0.1, -0.05) is 37.3 Å². The Labute approximate surface area is 125 Å². The van der Waals surface area contributed by atoms with Gasteiger partial charge in [-0.15, -0.1) is 0 Å². The molecule has 0 spiro atoms. The molecule has 0 saturated heterocycles. The zero-order valence-electron chi connectivity index (χ0n) is 12.6. The molecule has 2 rings (SSSR count). The van der Waals surface area contributed by atoms with E-state index in [1.54, 1.807) is 0 Å².